The molecule has 86 valence electrons. The van der Waals surface area contributed by atoms with Crippen LogP contribution in [0.15, 0.2) is 24.3 Å². The first kappa shape index (κ1) is 15.9. The molecule has 0 saturated heterocycles. The third-order valence-corrected chi connectivity index (χ3v) is 1.74. The number of carbonyl (C=O) groups excluding carboxylic acids is 1. The first-order valence-corrected chi connectivity index (χ1v) is 4.26. The van der Waals surface area contributed by atoms with E-state index in [2.05, 4.69) is 5.32 Å². The van der Waals surface area contributed by atoms with Crippen LogP contribution in [0.4, 0.5) is 11.4 Å². The van der Waals surface area contributed by atoms with E-state index >= 15 is 0 Å². The Labute approximate surface area is 92.7 Å². The lowest BCUT2D eigenvalue weighted by atomic mass is 10.2. The second-order valence-electron chi connectivity index (χ2n) is 3.23. The lowest BCUT2D eigenvalue weighted by Crippen LogP contribution is -2.18. The van der Waals surface area contributed by atoms with Crippen molar-refractivity contribution in [3.8, 4) is 0 Å². The molecule has 0 fully saturated rings. The Bertz CT molecular complexity index is 308. The molecule has 3 N–H and O–H groups in total. The predicted molar refractivity (Wildman–Crippen MR) is 67.8 cm³/mol. The van der Waals surface area contributed by atoms with Gasteiger partial charge in [0.25, 0.3) is 0 Å². The first-order chi connectivity index (χ1) is 6.11. The molecule has 0 aliphatic carbocycles. The minimum absolute atomic E-state index is 0. The second kappa shape index (κ2) is 6.87. The number of hydrogen-bond donors (Lipinski definition) is 2. The van der Waals surface area contributed by atoms with E-state index in [-0.39, 0.29) is 26.7 Å². The minimum Gasteiger partial charge on any atom is -0.397 e. The van der Waals surface area contributed by atoms with Crippen LogP contribution in [-0.2, 0) is 4.79 Å². The molecule has 0 bridgehead atoms. The van der Waals surface area contributed by atoms with Crippen LogP contribution in [0, 0.1) is 5.92 Å². The highest BCUT2D eigenvalue weighted by Crippen LogP contribution is 2.17. The topological polar surface area (TPSA) is 55.1 Å². The second-order valence-corrected chi connectivity index (χ2v) is 3.23. The maximum absolute atomic E-state index is 11.3. The summed E-state index contributed by atoms with van der Waals surface area (Å²) >= 11 is 0. The fourth-order valence-electron chi connectivity index (χ4n) is 0.888. The summed E-state index contributed by atoms with van der Waals surface area (Å²) in [6.07, 6.45) is 0. The van der Waals surface area contributed by atoms with Gasteiger partial charge < -0.3 is 11.1 Å². The summed E-state index contributed by atoms with van der Waals surface area (Å²) in [6.45, 7) is 3.68. The first-order valence-electron chi connectivity index (χ1n) is 4.26. The average Bonchev–Trinajstić information content (AvgIpc) is 2.08. The highest BCUT2D eigenvalue weighted by molar-refractivity contribution is 5.94. The number of para-hydroxylation sites is 2. The maximum Gasteiger partial charge on any atom is 0.226 e. The summed E-state index contributed by atoms with van der Waals surface area (Å²) in [4.78, 5) is 11.3. The van der Waals surface area contributed by atoms with E-state index in [0.29, 0.717) is 11.4 Å². The molecule has 0 heterocycles. The van der Waals surface area contributed by atoms with Crippen molar-refractivity contribution in [3.63, 3.8) is 0 Å². The predicted octanol–water partition coefficient (Wildman–Crippen LogP) is 3.14. The minimum atomic E-state index is -0.0281. The van der Waals surface area contributed by atoms with Crippen molar-refractivity contribution in [2.24, 2.45) is 5.92 Å². The summed E-state index contributed by atoms with van der Waals surface area (Å²) < 4.78 is 0. The Hall–Kier alpha value is -1.51. The number of benzene rings is 1. The number of amides is 1. The van der Waals surface area contributed by atoms with Crippen LogP contribution in [0.25, 0.3) is 0 Å². The quantitative estimate of drug-likeness (QED) is 0.737. The van der Waals surface area contributed by atoms with E-state index < -0.39 is 0 Å². The van der Waals surface area contributed by atoms with E-state index in [9.17, 15) is 4.79 Å². The molecule has 0 aliphatic rings. The molecule has 0 unspecified atom stereocenters. The molecule has 0 radical (unpaired) electrons. The molecule has 1 rings (SSSR count). The maximum atomic E-state index is 11.3. The molecule has 3 nitrogen and oxygen atoms in total. The van der Waals surface area contributed by atoms with E-state index in [1.165, 1.54) is 0 Å². The molecule has 0 saturated carbocycles. The van der Waals surface area contributed by atoms with Gasteiger partial charge in [-0.25, -0.2) is 0 Å². The van der Waals surface area contributed by atoms with Crippen molar-refractivity contribution in [2.45, 2.75) is 28.7 Å². The van der Waals surface area contributed by atoms with E-state index in [4.69, 9.17) is 5.73 Å². The number of anilines is 2. The van der Waals surface area contributed by atoms with Crippen molar-refractivity contribution >= 4 is 17.3 Å². The van der Waals surface area contributed by atoms with Gasteiger partial charge in [-0.1, -0.05) is 40.8 Å². The number of rotatable bonds is 2. The Morgan fingerprint density at radius 3 is 2.27 bits per heavy atom. The zero-order valence-corrected chi connectivity index (χ0v) is 7.87. The normalized spacial score (nSPS) is 8.73. The molecule has 0 aromatic heterocycles. The lowest BCUT2D eigenvalue weighted by Gasteiger charge is -2.09. The van der Waals surface area contributed by atoms with Crippen molar-refractivity contribution in [3.05, 3.63) is 24.3 Å². The van der Waals surface area contributed by atoms with Gasteiger partial charge in [0.1, 0.15) is 0 Å². The van der Waals surface area contributed by atoms with Crippen LogP contribution in [-0.4, -0.2) is 5.91 Å². The number of nitrogens with two attached hydrogens (primary N) is 1. The zero-order valence-electron chi connectivity index (χ0n) is 7.87. The smallest absolute Gasteiger partial charge is 0.226 e. The lowest BCUT2D eigenvalue weighted by molar-refractivity contribution is -0.118. The summed E-state index contributed by atoms with van der Waals surface area (Å²) in [5, 5.41) is 2.75. The third kappa shape index (κ3) is 4.49. The van der Waals surface area contributed by atoms with Gasteiger partial charge in [0.2, 0.25) is 5.91 Å². The van der Waals surface area contributed by atoms with Gasteiger partial charge in [0, 0.05) is 5.92 Å². The van der Waals surface area contributed by atoms with Crippen molar-refractivity contribution < 1.29 is 4.79 Å². The fraction of sp³-hybridized carbons (Fsp3) is 0.417. The molecule has 1 aromatic rings. The molecular formula is C12H22N2O. The molecule has 1 aromatic carbocycles. The Morgan fingerprint density at radius 1 is 1.27 bits per heavy atom. The van der Waals surface area contributed by atoms with E-state index in [1.54, 1.807) is 12.1 Å². The van der Waals surface area contributed by atoms with Crippen LogP contribution in [0.1, 0.15) is 28.7 Å². The summed E-state index contributed by atoms with van der Waals surface area (Å²) in [5.74, 6) is -0.0440. The fourth-order valence-corrected chi connectivity index (χ4v) is 0.888. The van der Waals surface area contributed by atoms with E-state index in [0.717, 1.165) is 0 Å². The average molecular weight is 210 g/mol. The highest BCUT2D eigenvalue weighted by atomic mass is 16.1. The molecule has 1 amide bonds. The van der Waals surface area contributed by atoms with Gasteiger partial charge in [0.05, 0.1) is 11.4 Å². The summed E-state index contributed by atoms with van der Waals surface area (Å²) in [6, 6.07) is 7.22. The van der Waals surface area contributed by atoms with Gasteiger partial charge >= 0.3 is 0 Å². The standard InChI is InChI=1S/C10H14N2O.2CH4/c1-7(2)10(13)12-9-6-4-3-5-8(9)11;;/h3-7H,11H2,1-2H3,(H,12,13);2*1H4. The molecule has 15 heavy (non-hydrogen) atoms. The third-order valence-electron chi connectivity index (χ3n) is 1.74. The van der Waals surface area contributed by atoms with Crippen molar-refractivity contribution in [1.82, 2.24) is 0 Å². The van der Waals surface area contributed by atoms with Gasteiger partial charge in [-0.15, -0.1) is 0 Å². The highest BCUT2D eigenvalue weighted by Gasteiger charge is 2.07. The number of nitrogens with one attached hydrogen (secondary N) is 1. The Kier molecular flexibility index (Phi) is 7.30. The van der Waals surface area contributed by atoms with Crippen LogP contribution < -0.4 is 11.1 Å². The van der Waals surface area contributed by atoms with Gasteiger partial charge in [0.15, 0.2) is 0 Å². The van der Waals surface area contributed by atoms with Gasteiger partial charge in [-0.2, -0.15) is 0 Å². The molecule has 3 heteroatoms. The molecule has 0 atom stereocenters. The molecule has 0 spiro atoms. The van der Waals surface area contributed by atoms with Crippen molar-refractivity contribution in [2.75, 3.05) is 11.1 Å². The van der Waals surface area contributed by atoms with Gasteiger partial charge in [-0.3, -0.25) is 4.79 Å². The number of carbonyl (C=O) groups is 1. The van der Waals surface area contributed by atoms with Crippen molar-refractivity contribution in [1.29, 1.82) is 0 Å². The summed E-state index contributed by atoms with van der Waals surface area (Å²) in [7, 11) is 0. The largest absolute Gasteiger partial charge is 0.397 e. The van der Waals surface area contributed by atoms with Crippen LogP contribution in [0.2, 0.25) is 0 Å². The number of hydrogen-bond acceptors (Lipinski definition) is 2. The summed E-state index contributed by atoms with van der Waals surface area (Å²) in [5.41, 5.74) is 6.93. The monoisotopic (exact) mass is 210 g/mol. The molecule has 0 aliphatic heterocycles. The Morgan fingerprint density at radius 2 is 1.80 bits per heavy atom. The van der Waals surface area contributed by atoms with Gasteiger partial charge in [-0.05, 0) is 12.1 Å². The SMILES string of the molecule is C.C.CC(C)C(=O)Nc1ccccc1N. The number of nitrogen functional groups attached to an aromatic ring is 1. The van der Waals surface area contributed by atoms with Crippen LogP contribution in [0.5, 0.6) is 0 Å². The van der Waals surface area contributed by atoms with Crippen LogP contribution >= 0.6 is 0 Å². The zero-order chi connectivity index (χ0) is 9.84. The Balaban J connectivity index is 0. The van der Waals surface area contributed by atoms with E-state index in [1.807, 2.05) is 26.0 Å². The molecular weight excluding hydrogens is 188 g/mol. The van der Waals surface area contributed by atoms with Crippen LogP contribution in [0.3, 0.4) is 0 Å².